The molecule has 1 amide bonds. The van der Waals surface area contributed by atoms with Crippen LogP contribution in [0, 0.1) is 5.82 Å². The molecule has 0 saturated carbocycles. The molecule has 0 unspecified atom stereocenters. The van der Waals surface area contributed by atoms with Gasteiger partial charge < -0.3 is 20.5 Å². The summed E-state index contributed by atoms with van der Waals surface area (Å²) in [5.41, 5.74) is 6.29. The Morgan fingerprint density at radius 3 is 2.55 bits per heavy atom. The number of anilines is 1. The lowest BCUT2D eigenvalue weighted by Gasteiger charge is -2.26. The zero-order chi connectivity index (χ0) is 27.1. The smallest absolute Gasteiger partial charge is 0.419 e. The summed E-state index contributed by atoms with van der Waals surface area (Å²) in [5, 5.41) is 2.91. The van der Waals surface area contributed by atoms with E-state index in [4.69, 9.17) is 15.2 Å². The Morgan fingerprint density at radius 2 is 1.84 bits per heavy atom. The van der Waals surface area contributed by atoms with E-state index in [-0.39, 0.29) is 36.1 Å². The van der Waals surface area contributed by atoms with Crippen molar-refractivity contribution in [3.8, 4) is 16.9 Å². The van der Waals surface area contributed by atoms with Crippen LogP contribution in [0.2, 0.25) is 0 Å². The van der Waals surface area contributed by atoms with E-state index in [1.165, 1.54) is 18.3 Å². The first kappa shape index (κ1) is 27.3. The van der Waals surface area contributed by atoms with Crippen LogP contribution in [0.4, 0.5) is 23.4 Å². The molecule has 202 valence electrons. The van der Waals surface area contributed by atoms with Gasteiger partial charge in [0.15, 0.2) is 11.6 Å². The predicted octanol–water partition coefficient (Wildman–Crippen LogP) is 4.17. The highest BCUT2D eigenvalue weighted by molar-refractivity contribution is 5.94. The van der Waals surface area contributed by atoms with Crippen molar-refractivity contribution in [3.63, 3.8) is 0 Å². The van der Waals surface area contributed by atoms with Crippen molar-refractivity contribution < 1.29 is 31.8 Å². The van der Waals surface area contributed by atoms with Gasteiger partial charge in [-0.05, 0) is 35.4 Å². The number of nitrogens with two attached hydrogens (primary N) is 1. The van der Waals surface area contributed by atoms with Crippen LogP contribution in [0.5, 0.6) is 5.75 Å². The van der Waals surface area contributed by atoms with E-state index in [2.05, 4.69) is 15.2 Å². The molecule has 4 rings (SSSR count). The lowest BCUT2D eigenvalue weighted by atomic mass is 10.0. The second-order valence-electron chi connectivity index (χ2n) is 8.76. The lowest BCUT2D eigenvalue weighted by Crippen LogP contribution is -2.41. The number of amides is 1. The highest BCUT2D eigenvalue weighted by Crippen LogP contribution is 2.34. The number of ether oxygens (including phenoxy) is 2. The summed E-state index contributed by atoms with van der Waals surface area (Å²) in [6.45, 7) is 4.23. The Bertz CT molecular complexity index is 1250. The number of rotatable bonds is 9. The SMILES string of the molecule is Nc1ncc(-c2ccc(C(=O)NCCN3CCOCC3)cc2)cc1OCCc1cccc(F)c1C(F)(F)F. The average molecular weight is 533 g/mol. The Labute approximate surface area is 217 Å². The number of hydrogen-bond donors (Lipinski definition) is 2. The third-order valence-corrected chi connectivity index (χ3v) is 6.19. The number of pyridine rings is 1. The van der Waals surface area contributed by atoms with E-state index >= 15 is 0 Å². The Kier molecular flexibility index (Phi) is 8.80. The molecule has 2 aromatic carbocycles. The summed E-state index contributed by atoms with van der Waals surface area (Å²) in [6, 6.07) is 11.7. The number of nitrogen functional groups attached to an aromatic ring is 1. The van der Waals surface area contributed by atoms with Crippen LogP contribution >= 0.6 is 0 Å². The number of carbonyl (C=O) groups excluding carboxylic acids is 1. The van der Waals surface area contributed by atoms with Crippen LogP contribution < -0.4 is 15.8 Å². The fraction of sp³-hybridized carbons (Fsp3) is 0.333. The van der Waals surface area contributed by atoms with Crippen molar-refractivity contribution in [2.75, 3.05) is 51.7 Å². The third kappa shape index (κ3) is 6.99. The quantitative estimate of drug-likeness (QED) is 0.402. The highest BCUT2D eigenvalue weighted by atomic mass is 19.4. The average Bonchev–Trinajstić information content (AvgIpc) is 2.90. The van der Waals surface area contributed by atoms with E-state index in [9.17, 15) is 22.4 Å². The number of alkyl halides is 3. The van der Waals surface area contributed by atoms with Gasteiger partial charge in [0.25, 0.3) is 5.91 Å². The summed E-state index contributed by atoms with van der Waals surface area (Å²) in [4.78, 5) is 18.8. The van der Waals surface area contributed by atoms with Crippen LogP contribution in [-0.4, -0.2) is 61.8 Å². The topological polar surface area (TPSA) is 89.7 Å². The molecule has 1 saturated heterocycles. The molecule has 0 atom stereocenters. The number of aromatic nitrogens is 1. The molecule has 2 heterocycles. The third-order valence-electron chi connectivity index (χ3n) is 6.19. The summed E-state index contributed by atoms with van der Waals surface area (Å²) in [5.74, 6) is -1.25. The lowest BCUT2D eigenvalue weighted by molar-refractivity contribution is -0.140. The minimum atomic E-state index is -4.81. The molecule has 7 nitrogen and oxygen atoms in total. The number of nitrogens with one attached hydrogen (secondary N) is 1. The van der Waals surface area contributed by atoms with Gasteiger partial charge >= 0.3 is 6.18 Å². The van der Waals surface area contributed by atoms with Crippen molar-refractivity contribution >= 4 is 11.7 Å². The van der Waals surface area contributed by atoms with Crippen molar-refractivity contribution in [3.05, 3.63) is 77.2 Å². The number of morpholine rings is 1. The van der Waals surface area contributed by atoms with Crippen molar-refractivity contribution in [1.29, 1.82) is 0 Å². The summed E-state index contributed by atoms with van der Waals surface area (Å²) < 4.78 is 64.4. The molecule has 1 fully saturated rings. The summed E-state index contributed by atoms with van der Waals surface area (Å²) >= 11 is 0. The molecule has 1 aliphatic rings. The predicted molar refractivity (Wildman–Crippen MR) is 134 cm³/mol. The zero-order valence-corrected chi connectivity index (χ0v) is 20.6. The molecule has 11 heteroatoms. The molecule has 3 aromatic rings. The minimum Gasteiger partial charge on any atom is -0.489 e. The number of carbonyl (C=O) groups is 1. The normalized spacial score (nSPS) is 14.3. The first-order chi connectivity index (χ1) is 18.2. The summed E-state index contributed by atoms with van der Waals surface area (Å²) in [7, 11) is 0. The maximum atomic E-state index is 13.8. The Morgan fingerprint density at radius 1 is 1.11 bits per heavy atom. The van der Waals surface area contributed by atoms with E-state index in [0.29, 0.717) is 30.9 Å². The van der Waals surface area contributed by atoms with Gasteiger partial charge in [-0.15, -0.1) is 0 Å². The molecular weight excluding hydrogens is 504 g/mol. The van der Waals surface area contributed by atoms with Crippen LogP contribution in [0.15, 0.2) is 54.7 Å². The standard InChI is InChI=1S/C27H28F4N4O3/c28-22-3-1-2-19(24(22)27(29,30)31)8-13-38-23-16-21(17-34-25(23)32)18-4-6-20(7-5-18)26(36)33-9-10-35-11-14-37-15-12-35/h1-7,16-17H,8-15H2,(H2,32,34)(H,33,36). The molecule has 0 bridgehead atoms. The van der Waals surface area contributed by atoms with E-state index in [0.717, 1.165) is 31.3 Å². The van der Waals surface area contributed by atoms with Crippen LogP contribution in [0.1, 0.15) is 21.5 Å². The van der Waals surface area contributed by atoms with Gasteiger partial charge in [-0.25, -0.2) is 9.37 Å². The molecule has 0 aliphatic carbocycles. The largest absolute Gasteiger partial charge is 0.489 e. The van der Waals surface area contributed by atoms with Crippen molar-refractivity contribution in [1.82, 2.24) is 15.2 Å². The number of nitrogens with zero attached hydrogens (tertiary/aromatic N) is 2. The van der Waals surface area contributed by atoms with Crippen molar-refractivity contribution in [2.45, 2.75) is 12.6 Å². The van der Waals surface area contributed by atoms with E-state index in [1.54, 1.807) is 30.3 Å². The van der Waals surface area contributed by atoms with Gasteiger partial charge in [0.05, 0.1) is 25.4 Å². The number of hydrogen-bond acceptors (Lipinski definition) is 6. The van der Waals surface area contributed by atoms with E-state index in [1.807, 2.05) is 0 Å². The van der Waals surface area contributed by atoms with Crippen LogP contribution in [0.3, 0.4) is 0 Å². The molecule has 0 radical (unpaired) electrons. The first-order valence-corrected chi connectivity index (χ1v) is 12.1. The first-order valence-electron chi connectivity index (χ1n) is 12.1. The van der Waals surface area contributed by atoms with Gasteiger partial charge in [0, 0.05) is 49.9 Å². The molecule has 0 spiro atoms. The Balaban J connectivity index is 1.36. The van der Waals surface area contributed by atoms with Gasteiger partial charge in [0.1, 0.15) is 5.82 Å². The number of halogens is 4. The molecule has 1 aliphatic heterocycles. The molecular formula is C27H28F4N4O3. The summed E-state index contributed by atoms with van der Waals surface area (Å²) in [6.07, 6.45) is -3.45. The maximum Gasteiger partial charge on any atom is 0.419 e. The van der Waals surface area contributed by atoms with Crippen molar-refractivity contribution in [2.24, 2.45) is 0 Å². The monoisotopic (exact) mass is 532 g/mol. The fourth-order valence-corrected chi connectivity index (χ4v) is 4.16. The van der Waals surface area contributed by atoms with Crippen LogP contribution in [0.25, 0.3) is 11.1 Å². The Hall–Kier alpha value is -3.70. The van der Waals surface area contributed by atoms with E-state index < -0.39 is 17.6 Å². The highest BCUT2D eigenvalue weighted by Gasteiger charge is 2.36. The zero-order valence-electron chi connectivity index (χ0n) is 20.6. The van der Waals surface area contributed by atoms with Gasteiger partial charge in [-0.3, -0.25) is 9.69 Å². The minimum absolute atomic E-state index is 0.0697. The molecule has 38 heavy (non-hydrogen) atoms. The molecule has 1 aromatic heterocycles. The van der Waals surface area contributed by atoms with Gasteiger partial charge in [0.2, 0.25) is 0 Å². The maximum absolute atomic E-state index is 13.8. The fourth-order valence-electron chi connectivity index (χ4n) is 4.16. The van der Waals surface area contributed by atoms with Crippen LogP contribution in [-0.2, 0) is 17.3 Å². The molecule has 3 N–H and O–H groups in total. The van der Waals surface area contributed by atoms with Gasteiger partial charge in [-0.2, -0.15) is 13.2 Å². The second kappa shape index (κ2) is 12.2. The number of benzene rings is 2. The second-order valence-corrected chi connectivity index (χ2v) is 8.76. The van der Waals surface area contributed by atoms with Gasteiger partial charge in [-0.1, -0.05) is 24.3 Å².